The van der Waals surface area contributed by atoms with Crippen molar-refractivity contribution in [2.75, 3.05) is 6.61 Å². The fraction of sp³-hybridized carbons (Fsp3) is 0.364. The molecule has 142 valence electrons. The number of hydrogen-bond acceptors (Lipinski definition) is 3. The molecule has 5 heteroatoms. The average Bonchev–Trinajstić information content (AvgIpc) is 2.93. The molecule has 3 rings (SSSR count). The molecule has 1 aliphatic carbocycles. The number of alkyl carbamates (subject to hydrolysis) is 1. The number of benzene rings is 2. The number of fused-ring (bicyclic) bond motifs is 3. The number of carboxylic acid groups (broad SMARTS) is 1. The molecular weight excluding hydrogens is 342 g/mol. The predicted octanol–water partition coefficient (Wildman–Crippen LogP) is 4.41. The van der Waals surface area contributed by atoms with E-state index in [1.54, 1.807) is 0 Å². The van der Waals surface area contributed by atoms with Crippen molar-refractivity contribution in [1.82, 2.24) is 5.32 Å². The van der Waals surface area contributed by atoms with Crippen LogP contribution in [0.4, 0.5) is 4.79 Å². The van der Waals surface area contributed by atoms with Gasteiger partial charge in [0.15, 0.2) is 0 Å². The molecule has 2 aromatic rings. The molecule has 0 saturated heterocycles. The van der Waals surface area contributed by atoms with Gasteiger partial charge in [-0.1, -0.05) is 62.4 Å². The summed E-state index contributed by atoms with van der Waals surface area (Å²) in [6, 6.07) is 15.9. The maximum atomic E-state index is 12.3. The zero-order valence-electron chi connectivity index (χ0n) is 15.6. The van der Waals surface area contributed by atoms with Crippen LogP contribution in [0.3, 0.4) is 0 Å². The molecule has 0 bridgehead atoms. The van der Waals surface area contributed by atoms with Crippen LogP contribution >= 0.6 is 0 Å². The minimum atomic E-state index is -0.931. The maximum Gasteiger partial charge on any atom is 0.407 e. The molecule has 2 N–H and O–H groups in total. The molecule has 0 heterocycles. The van der Waals surface area contributed by atoms with Crippen molar-refractivity contribution in [3.63, 3.8) is 0 Å². The molecule has 1 atom stereocenters. The van der Waals surface area contributed by atoms with Gasteiger partial charge in [0.25, 0.3) is 0 Å². The van der Waals surface area contributed by atoms with Gasteiger partial charge >= 0.3 is 12.1 Å². The average molecular weight is 367 g/mol. The van der Waals surface area contributed by atoms with E-state index in [-0.39, 0.29) is 24.9 Å². The SMILES string of the molecule is CC(C)C[C@H](CC(=O)O)NC(=O)OCC1c2ccccc2-c2ccccc21. The molecule has 1 aliphatic rings. The Labute approximate surface area is 159 Å². The fourth-order valence-corrected chi connectivity index (χ4v) is 3.78. The number of nitrogens with one attached hydrogen (secondary N) is 1. The number of hydrogen-bond donors (Lipinski definition) is 2. The van der Waals surface area contributed by atoms with E-state index in [1.807, 2.05) is 38.1 Å². The van der Waals surface area contributed by atoms with Crippen LogP contribution in [0.2, 0.25) is 0 Å². The van der Waals surface area contributed by atoms with E-state index in [0.717, 1.165) is 11.1 Å². The van der Waals surface area contributed by atoms with Crippen LogP contribution in [0.25, 0.3) is 11.1 Å². The Morgan fingerprint density at radius 3 is 2.11 bits per heavy atom. The third-order valence-electron chi connectivity index (χ3n) is 4.84. The van der Waals surface area contributed by atoms with Crippen molar-refractivity contribution < 1.29 is 19.4 Å². The first-order valence-electron chi connectivity index (χ1n) is 9.29. The summed E-state index contributed by atoms with van der Waals surface area (Å²) in [7, 11) is 0. The predicted molar refractivity (Wildman–Crippen MR) is 104 cm³/mol. The lowest BCUT2D eigenvalue weighted by molar-refractivity contribution is -0.137. The fourth-order valence-electron chi connectivity index (χ4n) is 3.78. The van der Waals surface area contributed by atoms with E-state index in [2.05, 4.69) is 29.6 Å². The van der Waals surface area contributed by atoms with Crippen LogP contribution in [-0.2, 0) is 9.53 Å². The summed E-state index contributed by atoms with van der Waals surface area (Å²) in [5.74, 6) is -0.658. The largest absolute Gasteiger partial charge is 0.481 e. The molecule has 5 nitrogen and oxygen atoms in total. The number of ether oxygens (including phenoxy) is 1. The van der Waals surface area contributed by atoms with Gasteiger partial charge in [-0.3, -0.25) is 4.79 Å². The van der Waals surface area contributed by atoms with Crippen molar-refractivity contribution >= 4 is 12.1 Å². The van der Waals surface area contributed by atoms with E-state index in [0.29, 0.717) is 6.42 Å². The topological polar surface area (TPSA) is 75.6 Å². The normalized spacial score (nSPS) is 13.7. The summed E-state index contributed by atoms with van der Waals surface area (Å²) in [6.07, 6.45) is -0.0810. The van der Waals surface area contributed by atoms with Gasteiger partial charge in [-0.25, -0.2) is 4.79 Å². The second-order valence-electron chi connectivity index (χ2n) is 7.39. The molecule has 0 saturated carbocycles. The van der Waals surface area contributed by atoms with Crippen LogP contribution in [0.5, 0.6) is 0 Å². The van der Waals surface area contributed by atoms with Crippen LogP contribution < -0.4 is 5.32 Å². The highest BCUT2D eigenvalue weighted by molar-refractivity contribution is 5.79. The van der Waals surface area contributed by atoms with Crippen molar-refractivity contribution in [1.29, 1.82) is 0 Å². The third-order valence-corrected chi connectivity index (χ3v) is 4.84. The van der Waals surface area contributed by atoms with Crippen molar-refractivity contribution in [2.24, 2.45) is 5.92 Å². The number of rotatable bonds is 7. The van der Waals surface area contributed by atoms with Gasteiger partial charge < -0.3 is 15.2 Å². The molecule has 0 spiro atoms. The summed E-state index contributed by atoms with van der Waals surface area (Å²) < 4.78 is 5.49. The van der Waals surface area contributed by atoms with Gasteiger partial charge in [0.2, 0.25) is 0 Å². The lowest BCUT2D eigenvalue weighted by atomic mass is 9.98. The maximum absolute atomic E-state index is 12.3. The lowest BCUT2D eigenvalue weighted by Gasteiger charge is -2.20. The second-order valence-corrected chi connectivity index (χ2v) is 7.39. The quantitative estimate of drug-likeness (QED) is 0.760. The highest BCUT2D eigenvalue weighted by Gasteiger charge is 2.29. The van der Waals surface area contributed by atoms with E-state index in [9.17, 15) is 9.59 Å². The Morgan fingerprint density at radius 2 is 1.59 bits per heavy atom. The molecule has 0 aliphatic heterocycles. The summed E-state index contributed by atoms with van der Waals surface area (Å²) in [4.78, 5) is 23.3. The first-order valence-corrected chi connectivity index (χ1v) is 9.29. The molecule has 0 unspecified atom stereocenters. The van der Waals surface area contributed by atoms with Gasteiger partial charge in [-0.05, 0) is 34.6 Å². The van der Waals surface area contributed by atoms with Gasteiger partial charge in [0.05, 0.1) is 6.42 Å². The Hall–Kier alpha value is -2.82. The Balaban J connectivity index is 1.67. The zero-order chi connectivity index (χ0) is 19.4. The lowest BCUT2D eigenvalue weighted by Crippen LogP contribution is -2.38. The molecule has 0 aromatic heterocycles. The van der Waals surface area contributed by atoms with Crippen molar-refractivity contribution in [3.8, 4) is 11.1 Å². The number of carbonyl (C=O) groups is 2. The van der Waals surface area contributed by atoms with Gasteiger partial charge in [-0.2, -0.15) is 0 Å². The highest BCUT2D eigenvalue weighted by atomic mass is 16.5. The van der Waals surface area contributed by atoms with Gasteiger partial charge in [0.1, 0.15) is 6.61 Å². The van der Waals surface area contributed by atoms with Crippen LogP contribution in [0.15, 0.2) is 48.5 Å². The Kier molecular flexibility index (Phi) is 5.79. The molecule has 0 fully saturated rings. The number of amides is 1. The van der Waals surface area contributed by atoms with E-state index in [1.165, 1.54) is 11.1 Å². The Bertz CT molecular complexity index is 785. The molecule has 0 radical (unpaired) electrons. The Morgan fingerprint density at radius 1 is 1.04 bits per heavy atom. The molecule has 1 amide bonds. The van der Waals surface area contributed by atoms with Gasteiger partial charge in [-0.15, -0.1) is 0 Å². The highest BCUT2D eigenvalue weighted by Crippen LogP contribution is 2.44. The smallest absolute Gasteiger partial charge is 0.407 e. The summed E-state index contributed by atoms with van der Waals surface area (Å²) >= 11 is 0. The van der Waals surface area contributed by atoms with Gasteiger partial charge in [0, 0.05) is 12.0 Å². The van der Waals surface area contributed by atoms with E-state index < -0.39 is 18.1 Å². The first-order chi connectivity index (χ1) is 13.0. The summed E-state index contributed by atoms with van der Waals surface area (Å²) in [6.45, 7) is 4.21. The number of aliphatic carboxylic acids is 1. The van der Waals surface area contributed by atoms with Crippen molar-refractivity contribution in [2.45, 2.75) is 38.6 Å². The van der Waals surface area contributed by atoms with Crippen LogP contribution in [0, 0.1) is 5.92 Å². The van der Waals surface area contributed by atoms with Crippen molar-refractivity contribution in [3.05, 3.63) is 59.7 Å². The number of carbonyl (C=O) groups excluding carboxylic acids is 1. The summed E-state index contributed by atoms with van der Waals surface area (Å²) in [5, 5.41) is 11.7. The third kappa shape index (κ3) is 4.48. The van der Waals surface area contributed by atoms with Crippen LogP contribution in [0.1, 0.15) is 43.7 Å². The minimum absolute atomic E-state index is 0.00817. The molecular formula is C22H25NO4. The standard InChI is InChI=1S/C22H25NO4/c1-14(2)11-15(12-21(24)25)23-22(26)27-13-20-18-9-5-3-7-16(18)17-8-4-6-10-19(17)20/h3-10,14-15,20H,11-13H2,1-2H3,(H,23,26)(H,24,25)/t15-/m1/s1. The van der Waals surface area contributed by atoms with E-state index >= 15 is 0 Å². The number of carboxylic acids is 1. The minimum Gasteiger partial charge on any atom is -0.481 e. The molecule has 2 aromatic carbocycles. The monoisotopic (exact) mass is 367 g/mol. The first kappa shape index (κ1) is 19.0. The second kappa shape index (κ2) is 8.25. The zero-order valence-corrected chi connectivity index (χ0v) is 15.6. The van der Waals surface area contributed by atoms with Crippen LogP contribution in [-0.4, -0.2) is 29.8 Å². The molecule has 27 heavy (non-hydrogen) atoms. The van der Waals surface area contributed by atoms with E-state index in [4.69, 9.17) is 9.84 Å². The summed E-state index contributed by atoms with van der Waals surface area (Å²) in [5.41, 5.74) is 4.64.